The summed E-state index contributed by atoms with van der Waals surface area (Å²) in [6.45, 7) is 7.43. The van der Waals surface area contributed by atoms with Crippen molar-refractivity contribution in [1.29, 1.82) is 0 Å². The largest absolute Gasteiger partial charge is 0.495 e. The van der Waals surface area contributed by atoms with Crippen LogP contribution in [0.5, 0.6) is 5.75 Å². The number of aryl methyl sites for hydroxylation is 3. The number of methoxy groups -OCH3 is 1. The number of carbonyl (C=O) groups is 1. The van der Waals surface area contributed by atoms with E-state index in [0.29, 0.717) is 17.2 Å². The van der Waals surface area contributed by atoms with Gasteiger partial charge in [-0.15, -0.1) is 0 Å². The molecule has 1 unspecified atom stereocenters. The van der Waals surface area contributed by atoms with Crippen LogP contribution in [0.25, 0.3) is 0 Å². The Morgan fingerprint density at radius 2 is 1.66 bits per heavy atom. The van der Waals surface area contributed by atoms with Crippen LogP contribution in [0.4, 0.5) is 5.69 Å². The first-order chi connectivity index (χ1) is 16.6. The maximum Gasteiger partial charge on any atom is 0.264 e. The third kappa shape index (κ3) is 6.16. The van der Waals surface area contributed by atoms with Gasteiger partial charge in [0.25, 0.3) is 10.0 Å². The molecule has 0 saturated carbocycles. The first-order valence-electron chi connectivity index (χ1n) is 11.4. The van der Waals surface area contributed by atoms with Crippen molar-refractivity contribution < 1.29 is 17.9 Å². The van der Waals surface area contributed by atoms with Crippen molar-refractivity contribution in [3.63, 3.8) is 0 Å². The molecule has 0 saturated heterocycles. The lowest BCUT2D eigenvalue weighted by molar-refractivity contribution is -0.120. The second-order valence-electron chi connectivity index (χ2n) is 8.53. The quantitative estimate of drug-likeness (QED) is 0.395. The number of rotatable bonds is 9. The van der Waals surface area contributed by atoms with Gasteiger partial charge in [-0.2, -0.15) is 0 Å². The molecule has 0 spiro atoms. The molecular weight excluding hydrogens is 484 g/mol. The van der Waals surface area contributed by atoms with Crippen molar-refractivity contribution >= 4 is 33.2 Å². The maximum atomic E-state index is 13.7. The summed E-state index contributed by atoms with van der Waals surface area (Å²) in [6.07, 6.45) is 0.654. The number of hydrogen-bond acceptors (Lipinski definition) is 4. The van der Waals surface area contributed by atoms with E-state index in [1.54, 1.807) is 24.3 Å². The van der Waals surface area contributed by atoms with Gasteiger partial charge in [-0.25, -0.2) is 8.42 Å². The van der Waals surface area contributed by atoms with E-state index in [4.69, 9.17) is 16.3 Å². The number of benzene rings is 3. The molecule has 0 radical (unpaired) electrons. The van der Waals surface area contributed by atoms with Gasteiger partial charge in [0.1, 0.15) is 12.3 Å². The first-order valence-corrected chi connectivity index (χ1v) is 13.2. The lowest BCUT2D eigenvalue weighted by Crippen LogP contribution is -2.42. The minimum Gasteiger partial charge on any atom is -0.495 e. The number of nitrogens with one attached hydrogen (secondary N) is 1. The lowest BCUT2D eigenvalue weighted by atomic mass is 9.97. The number of sulfonamides is 1. The van der Waals surface area contributed by atoms with Gasteiger partial charge in [-0.3, -0.25) is 9.10 Å². The molecule has 0 heterocycles. The molecule has 0 fully saturated rings. The molecule has 3 aromatic rings. The van der Waals surface area contributed by atoms with Crippen molar-refractivity contribution in [2.75, 3.05) is 18.0 Å². The topological polar surface area (TPSA) is 75.7 Å². The third-order valence-electron chi connectivity index (χ3n) is 5.85. The molecule has 0 aliphatic rings. The summed E-state index contributed by atoms with van der Waals surface area (Å²) in [6, 6.07) is 17.0. The molecule has 35 heavy (non-hydrogen) atoms. The Balaban J connectivity index is 2.00. The Morgan fingerprint density at radius 3 is 2.26 bits per heavy atom. The van der Waals surface area contributed by atoms with Gasteiger partial charge >= 0.3 is 0 Å². The molecule has 3 aromatic carbocycles. The van der Waals surface area contributed by atoms with Gasteiger partial charge in [-0.05, 0) is 68.7 Å². The van der Waals surface area contributed by atoms with Crippen LogP contribution in [0.2, 0.25) is 5.02 Å². The van der Waals surface area contributed by atoms with Crippen LogP contribution in [-0.4, -0.2) is 28.0 Å². The standard InChI is InChI=1S/C27H31ClN2O4S/c1-6-24(23-13-9-19(3)15-20(23)4)29-27(31)17-30(25-16-21(28)10-14-26(25)34-5)35(32,33)22-11-7-18(2)8-12-22/h7-16,24H,6,17H2,1-5H3,(H,29,31). The Bertz CT molecular complexity index is 1310. The van der Waals surface area contributed by atoms with Gasteiger partial charge < -0.3 is 10.1 Å². The van der Waals surface area contributed by atoms with Crippen LogP contribution >= 0.6 is 11.6 Å². The Hall–Kier alpha value is -3.03. The van der Waals surface area contributed by atoms with Gasteiger partial charge in [0, 0.05) is 5.02 Å². The molecule has 3 rings (SSSR count). The molecule has 186 valence electrons. The van der Waals surface area contributed by atoms with E-state index in [-0.39, 0.29) is 16.6 Å². The number of nitrogens with zero attached hydrogens (tertiary/aromatic N) is 1. The van der Waals surface area contributed by atoms with Crippen LogP contribution in [0.3, 0.4) is 0 Å². The zero-order valence-electron chi connectivity index (χ0n) is 20.6. The monoisotopic (exact) mass is 514 g/mol. The molecule has 0 bridgehead atoms. The van der Waals surface area contributed by atoms with Crippen LogP contribution in [0.15, 0.2) is 65.6 Å². The second kappa shape index (κ2) is 11.1. The lowest BCUT2D eigenvalue weighted by Gasteiger charge is -2.27. The highest BCUT2D eigenvalue weighted by molar-refractivity contribution is 7.92. The number of ether oxygens (including phenoxy) is 1. The average molecular weight is 515 g/mol. The Kier molecular flexibility index (Phi) is 8.46. The summed E-state index contributed by atoms with van der Waals surface area (Å²) in [7, 11) is -2.66. The van der Waals surface area contributed by atoms with Crippen LogP contribution in [0.1, 0.15) is 41.6 Å². The van der Waals surface area contributed by atoms with Gasteiger partial charge in [0.05, 0.1) is 23.7 Å². The van der Waals surface area contributed by atoms with Gasteiger partial charge in [0.15, 0.2) is 0 Å². The number of hydrogen-bond donors (Lipinski definition) is 1. The minimum atomic E-state index is -4.10. The van der Waals surface area contributed by atoms with Crippen LogP contribution in [-0.2, 0) is 14.8 Å². The molecule has 1 atom stereocenters. The van der Waals surface area contributed by atoms with E-state index in [2.05, 4.69) is 11.4 Å². The van der Waals surface area contributed by atoms with Crippen molar-refractivity contribution in [3.05, 3.63) is 87.9 Å². The molecule has 1 amide bonds. The van der Waals surface area contributed by atoms with E-state index < -0.39 is 22.5 Å². The Morgan fingerprint density at radius 1 is 1.00 bits per heavy atom. The van der Waals surface area contributed by atoms with Crippen molar-refractivity contribution in [3.8, 4) is 5.75 Å². The third-order valence-corrected chi connectivity index (χ3v) is 7.86. The fraction of sp³-hybridized carbons (Fsp3) is 0.296. The summed E-state index contributed by atoms with van der Waals surface area (Å²) >= 11 is 6.21. The average Bonchev–Trinajstić information content (AvgIpc) is 2.81. The summed E-state index contributed by atoms with van der Waals surface area (Å²) in [5, 5.41) is 3.34. The van der Waals surface area contributed by atoms with E-state index in [1.807, 2.05) is 39.8 Å². The number of carbonyl (C=O) groups excluding carboxylic acids is 1. The number of anilines is 1. The summed E-state index contributed by atoms with van der Waals surface area (Å²) in [5.41, 5.74) is 4.32. The smallest absolute Gasteiger partial charge is 0.264 e. The zero-order valence-corrected chi connectivity index (χ0v) is 22.2. The summed E-state index contributed by atoms with van der Waals surface area (Å²) < 4.78 is 33.9. The minimum absolute atomic E-state index is 0.0688. The van der Waals surface area contributed by atoms with E-state index in [1.165, 1.54) is 25.3 Å². The van der Waals surface area contributed by atoms with E-state index >= 15 is 0 Å². The molecule has 6 nitrogen and oxygen atoms in total. The predicted molar refractivity (Wildman–Crippen MR) is 141 cm³/mol. The second-order valence-corrected chi connectivity index (χ2v) is 10.8. The molecule has 0 aromatic heterocycles. The van der Waals surface area contributed by atoms with Gasteiger partial charge in [-0.1, -0.05) is 60.0 Å². The van der Waals surface area contributed by atoms with Crippen molar-refractivity contribution in [1.82, 2.24) is 5.32 Å². The number of halogens is 1. The maximum absolute atomic E-state index is 13.7. The van der Waals surface area contributed by atoms with Crippen LogP contribution < -0.4 is 14.4 Å². The molecule has 1 N–H and O–H groups in total. The molecular formula is C27H31ClN2O4S. The normalized spacial score (nSPS) is 12.2. The molecule has 0 aliphatic heterocycles. The summed E-state index contributed by atoms with van der Waals surface area (Å²) in [5.74, 6) is -0.145. The highest BCUT2D eigenvalue weighted by Gasteiger charge is 2.30. The fourth-order valence-electron chi connectivity index (χ4n) is 3.98. The highest BCUT2D eigenvalue weighted by Crippen LogP contribution is 2.35. The molecule has 0 aliphatic carbocycles. The van der Waals surface area contributed by atoms with Crippen molar-refractivity contribution in [2.45, 2.75) is 45.1 Å². The first kappa shape index (κ1) is 26.6. The van der Waals surface area contributed by atoms with E-state index in [0.717, 1.165) is 26.6 Å². The van der Waals surface area contributed by atoms with E-state index in [9.17, 15) is 13.2 Å². The van der Waals surface area contributed by atoms with Gasteiger partial charge in [0.2, 0.25) is 5.91 Å². The SMILES string of the molecule is CCC(NC(=O)CN(c1cc(Cl)ccc1OC)S(=O)(=O)c1ccc(C)cc1)c1ccc(C)cc1C. The van der Waals surface area contributed by atoms with Crippen LogP contribution in [0, 0.1) is 20.8 Å². The molecule has 8 heteroatoms. The summed E-state index contributed by atoms with van der Waals surface area (Å²) in [4.78, 5) is 13.3. The predicted octanol–water partition coefficient (Wildman–Crippen LogP) is 5.74. The highest BCUT2D eigenvalue weighted by atomic mass is 35.5. The zero-order chi connectivity index (χ0) is 25.8. The fourth-order valence-corrected chi connectivity index (χ4v) is 5.57. The number of amides is 1. The Labute approximate surface area is 212 Å². The van der Waals surface area contributed by atoms with Crippen molar-refractivity contribution in [2.24, 2.45) is 0 Å².